The van der Waals surface area contributed by atoms with Crippen LogP contribution in [0.15, 0.2) is 36.9 Å². The molecule has 0 heterocycles. The van der Waals surface area contributed by atoms with Crippen molar-refractivity contribution in [1.29, 1.82) is 0 Å². The third kappa shape index (κ3) is 3.19. The molecule has 1 aromatic carbocycles. The second-order valence-corrected chi connectivity index (χ2v) is 4.48. The summed E-state index contributed by atoms with van der Waals surface area (Å²) >= 11 is 0. The van der Waals surface area contributed by atoms with Crippen LogP contribution >= 0.6 is 0 Å². The van der Waals surface area contributed by atoms with Gasteiger partial charge in [-0.15, -0.1) is 6.58 Å². The highest BCUT2D eigenvalue weighted by Crippen LogP contribution is 2.25. The molecule has 1 fully saturated rings. The minimum atomic E-state index is 0.0576. The number of rotatable bonds is 4. The predicted molar refractivity (Wildman–Crippen MR) is 68.2 cm³/mol. The molecule has 0 aliphatic heterocycles. The standard InChI is InChI=1S/C15H18O2/c1-2-6-12-7-3-4-10-15(12)17-14-9-5-8-13(16)11-14/h2-4,7,10,14H,1,5-6,8-9,11H2. The molecule has 1 aromatic rings. The van der Waals surface area contributed by atoms with E-state index in [1.54, 1.807) is 0 Å². The lowest BCUT2D eigenvalue weighted by molar-refractivity contribution is -0.122. The molecule has 1 aliphatic rings. The summed E-state index contributed by atoms with van der Waals surface area (Å²) in [5, 5.41) is 0. The first-order chi connectivity index (χ1) is 8.29. The minimum absolute atomic E-state index is 0.0576. The van der Waals surface area contributed by atoms with Crippen LogP contribution in [0.5, 0.6) is 5.75 Å². The van der Waals surface area contributed by atoms with Crippen LogP contribution in [0.2, 0.25) is 0 Å². The number of hydrogen-bond donors (Lipinski definition) is 0. The van der Waals surface area contributed by atoms with Crippen molar-refractivity contribution >= 4 is 5.78 Å². The molecule has 0 amide bonds. The second kappa shape index (κ2) is 5.67. The summed E-state index contributed by atoms with van der Waals surface area (Å²) in [6.45, 7) is 3.75. The lowest BCUT2D eigenvalue weighted by atomic mass is 9.96. The molecule has 0 saturated heterocycles. The summed E-state index contributed by atoms with van der Waals surface area (Å²) < 4.78 is 5.94. The SMILES string of the molecule is C=CCc1ccccc1OC1CCCC(=O)C1. The number of Topliss-reactive ketones (excluding diaryl/α,β-unsaturated/α-hetero) is 1. The summed E-state index contributed by atoms with van der Waals surface area (Å²) in [5.74, 6) is 1.22. The third-order valence-electron chi connectivity index (χ3n) is 3.07. The van der Waals surface area contributed by atoms with Crippen LogP contribution in [-0.4, -0.2) is 11.9 Å². The van der Waals surface area contributed by atoms with Crippen molar-refractivity contribution in [2.45, 2.75) is 38.2 Å². The Labute approximate surface area is 102 Å². The largest absolute Gasteiger partial charge is 0.490 e. The molecule has 17 heavy (non-hydrogen) atoms. The van der Waals surface area contributed by atoms with Crippen LogP contribution in [0, 0.1) is 0 Å². The van der Waals surface area contributed by atoms with E-state index in [1.165, 1.54) is 0 Å². The molecule has 1 atom stereocenters. The molecule has 0 bridgehead atoms. The van der Waals surface area contributed by atoms with E-state index >= 15 is 0 Å². The quantitative estimate of drug-likeness (QED) is 0.742. The van der Waals surface area contributed by atoms with Gasteiger partial charge in [-0.25, -0.2) is 0 Å². The molecule has 0 N–H and O–H groups in total. The van der Waals surface area contributed by atoms with Gasteiger partial charge < -0.3 is 4.74 Å². The number of hydrogen-bond acceptors (Lipinski definition) is 2. The highest BCUT2D eigenvalue weighted by atomic mass is 16.5. The molecule has 90 valence electrons. The zero-order valence-electron chi connectivity index (χ0n) is 10.0. The van der Waals surface area contributed by atoms with E-state index in [9.17, 15) is 4.79 Å². The Hall–Kier alpha value is -1.57. The van der Waals surface area contributed by atoms with E-state index in [1.807, 2.05) is 30.3 Å². The van der Waals surface area contributed by atoms with E-state index in [0.717, 1.165) is 30.6 Å². The lowest BCUT2D eigenvalue weighted by Gasteiger charge is -2.23. The van der Waals surface area contributed by atoms with E-state index in [4.69, 9.17) is 4.74 Å². The first-order valence-corrected chi connectivity index (χ1v) is 6.16. The zero-order chi connectivity index (χ0) is 12.1. The maximum atomic E-state index is 11.4. The first-order valence-electron chi connectivity index (χ1n) is 6.16. The average Bonchev–Trinajstić information content (AvgIpc) is 2.32. The summed E-state index contributed by atoms with van der Waals surface area (Å²) in [6, 6.07) is 7.98. The third-order valence-corrected chi connectivity index (χ3v) is 3.07. The van der Waals surface area contributed by atoms with Crippen molar-refractivity contribution in [2.24, 2.45) is 0 Å². The lowest BCUT2D eigenvalue weighted by Crippen LogP contribution is -2.25. The zero-order valence-corrected chi connectivity index (χ0v) is 10.0. The Morgan fingerprint density at radius 3 is 3.00 bits per heavy atom. The molecule has 1 unspecified atom stereocenters. The second-order valence-electron chi connectivity index (χ2n) is 4.48. The molecule has 0 aromatic heterocycles. The van der Waals surface area contributed by atoms with Crippen molar-refractivity contribution in [3.63, 3.8) is 0 Å². The van der Waals surface area contributed by atoms with Crippen molar-refractivity contribution in [1.82, 2.24) is 0 Å². The van der Waals surface area contributed by atoms with Gasteiger partial charge in [0.15, 0.2) is 0 Å². The van der Waals surface area contributed by atoms with Crippen molar-refractivity contribution in [3.05, 3.63) is 42.5 Å². The van der Waals surface area contributed by atoms with Crippen LogP contribution in [0.3, 0.4) is 0 Å². The molecule has 0 radical (unpaired) electrons. The number of ether oxygens (including phenoxy) is 1. The highest BCUT2D eigenvalue weighted by molar-refractivity contribution is 5.79. The first kappa shape index (κ1) is 11.9. The number of carbonyl (C=O) groups is 1. The van der Waals surface area contributed by atoms with Gasteiger partial charge in [0.1, 0.15) is 17.6 Å². The van der Waals surface area contributed by atoms with Crippen LogP contribution in [0.25, 0.3) is 0 Å². The van der Waals surface area contributed by atoms with E-state index in [-0.39, 0.29) is 6.10 Å². The van der Waals surface area contributed by atoms with E-state index in [2.05, 4.69) is 6.58 Å². The van der Waals surface area contributed by atoms with Crippen molar-refractivity contribution in [2.75, 3.05) is 0 Å². The predicted octanol–water partition coefficient (Wildman–Crippen LogP) is 3.31. The number of para-hydroxylation sites is 1. The van der Waals surface area contributed by atoms with Crippen molar-refractivity contribution < 1.29 is 9.53 Å². The fraction of sp³-hybridized carbons (Fsp3) is 0.400. The smallest absolute Gasteiger partial charge is 0.136 e. The summed E-state index contributed by atoms with van der Waals surface area (Å²) in [7, 11) is 0. The Kier molecular flexibility index (Phi) is 3.97. The van der Waals surface area contributed by atoms with Gasteiger partial charge in [0.25, 0.3) is 0 Å². The Bertz CT molecular complexity index is 409. The molecular formula is C15H18O2. The van der Waals surface area contributed by atoms with Gasteiger partial charge in [-0.05, 0) is 30.9 Å². The summed E-state index contributed by atoms with van der Waals surface area (Å²) in [4.78, 5) is 11.4. The average molecular weight is 230 g/mol. The Morgan fingerprint density at radius 2 is 2.24 bits per heavy atom. The van der Waals surface area contributed by atoms with Gasteiger partial charge in [0, 0.05) is 12.8 Å². The normalized spacial score (nSPS) is 20.0. The minimum Gasteiger partial charge on any atom is -0.490 e. The van der Waals surface area contributed by atoms with Gasteiger partial charge in [-0.1, -0.05) is 24.3 Å². The maximum Gasteiger partial charge on any atom is 0.136 e. The molecule has 1 saturated carbocycles. The summed E-state index contributed by atoms with van der Waals surface area (Å²) in [6.07, 6.45) is 5.94. The molecule has 2 nitrogen and oxygen atoms in total. The number of ketones is 1. The molecule has 1 aliphatic carbocycles. The van der Waals surface area contributed by atoms with Crippen LogP contribution in [-0.2, 0) is 11.2 Å². The molecule has 0 spiro atoms. The fourth-order valence-corrected chi connectivity index (χ4v) is 2.21. The Balaban J connectivity index is 2.06. The van der Waals surface area contributed by atoms with Gasteiger partial charge in [-0.3, -0.25) is 4.79 Å². The van der Waals surface area contributed by atoms with Crippen molar-refractivity contribution in [3.8, 4) is 5.75 Å². The topological polar surface area (TPSA) is 26.3 Å². The number of benzene rings is 1. The van der Waals surface area contributed by atoms with Gasteiger partial charge in [-0.2, -0.15) is 0 Å². The van der Waals surface area contributed by atoms with E-state index in [0.29, 0.717) is 18.6 Å². The highest BCUT2D eigenvalue weighted by Gasteiger charge is 2.21. The van der Waals surface area contributed by atoms with Gasteiger partial charge in [0.05, 0.1) is 0 Å². The van der Waals surface area contributed by atoms with Gasteiger partial charge in [0.2, 0.25) is 0 Å². The number of carbonyl (C=O) groups excluding carboxylic acids is 1. The maximum absolute atomic E-state index is 11.4. The van der Waals surface area contributed by atoms with Gasteiger partial charge >= 0.3 is 0 Å². The number of allylic oxidation sites excluding steroid dienone is 1. The van der Waals surface area contributed by atoms with E-state index < -0.39 is 0 Å². The molecular weight excluding hydrogens is 212 g/mol. The summed E-state index contributed by atoms with van der Waals surface area (Å²) in [5.41, 5.74) is 1.14. The molecule has 2 heteroatoms. The van der Waals surface area contributed by atoms with Crippen LogP contribution in [0.4, 0.5) is 0 Å². The Morgan fingerprint density at radius 1 is 1.41 bits per heavy atom. The van der Waals surface area contributed by atoms with Crippen LogP contribution < -0.4 is 4.74 Å². The van der Waals surface area contributed by atoms with Crippen LogP contribution in [0.1, 0.15) is 31.2 Å². The monoisotopic (exact) mass is 230 g/mol. The fourth-order valence-electron chi connectivity index (χ4n) is 2.21. The molecule has 2 rings (SSSR count).